The van der Waals surface area contributed by atoms with Gasteiger partial charge in [-0.05, 0) is 23.6 Å². The molecule has 22 heavy (non-hydrogen) atoms. The quantitative estimate of drug-likeness (QED) is 0.760. The highest BCUT2D eigenvalue weighted by Gasteiger charge is 2.29. The predicted octanol–water partition coefficient (Wildman–Crippen LogP) is 2.70. The third kappa shape index (κ3) is 3.19. The Morgan fingerprint density at radius 2 is 1.82 bits per heavy atom. The van der Waals surface area contributed by atoms with Crippen molar-refractivity contribution in [3.05, 3.63) is 59.2 Å². The van der Waals surface area contributed by atoms with E-state index < -0.39 is 0 Å². The second-order valence-electron chi connectivity index (χ2n) is 5.38. The second kappa shape index (κ2) is 7.01. The molecule has 0 spiro atoms. The van der Waals surface area contributed by atoms with E-state index in [9.17, 15) is 10.2 Å². The fraction of sp³-hybridized carbons (Fsp3) is 0.294. The molecular formula is C17H20ClNO3. The highest BCUT2D eigenvalue weighted by Crippen LogP contribution is 2.40. The molecule has 0 bridgehead atoms. The molecule has 0 fully saturated rings. The summed E-state index contributed by atoms with van der Waals surface area (Å²) in [6.45, 7) is 0.350. The lowest BCUT2D eigenvalue weighted by atomic mass is 9.90. The summed E-state index contributed by atoms with van der Waals surface area (Å²) < 4.78 is 6.04. The van der Waals surface area contributed by atoms with Gasteiger partial charge in [-0.1, -0.05) is 36.4 Å². The van der Waals surface area contributed by atoms with Crippen molar-refractivity contribution in [1.82, 2.24) is 0 Å². The summed E-state index contributed by atoms with van der Waals surface area (Å²) in [5, 5.41) is 19.8. The molecule has 0 aliphatic carbocycles. The van der Waals surface area contributed by atoms with Gasteiger partial charge < -0.3 is 20.7 Å². The van der Waals surface area contributed by atoms with Gasteiger partial charge in [0, 0.05) is 18.5 Å². The van der Waals surface area contributed by atoms with Gasteiger partial charge in [0.1, 0.15) is 0 Å². The molecule has 118 valence electrons. The highest BCUT2D eigenvalue weighted by molar-refractivity contribution is 5.85. The number of benzene rings is 2. The molecule has 0 amide bonds. The standard InChI is InChI=1S/C17H19NO3.ClH/c18-10-16-13-6-7-15(19)17(20)14(13)9-12(21-16)8-11-4-2-1-3-5-11;/h1-7,12,16,19-20H,8-10,18H2;1H/t12-,16+;/m1./s1. The molecule has 5 heteroatoms. The summed E-state index contributed by atoms with van der Waals surface area (Å²) in [6, 6.07) is 13.3. The zero-order valence-electron chi connectivity index (χ0n) is 12.1. The SMILES string of the molecule is Cl.NC[C@@H]1O[C@H](Cc2ccccc2)Cc2c1ccc(O)c2O. The number of nitrogens with two attached hydrogens (primary N) is 1. The fourth-order valence-corrected chi connectivity index (χ4v) is 2.92. The van der Waals surface area contributed by atoms with E-state index in [1.54, 1.807) is 6.07 Å². The van der Waals surface area contributed by atoms with Crippen LogP contribution in [-0.2, 0) is 17.6 Å². The first-order chi connectivity index (χ1) is 10.2. The normalized spacial score (nSPS) is 20.0. The Morgan fingerprint density at radius 3 is 2.50 bits per heavy atom. The minimum Gasteiger partial charge on any atom is -0.504 e. The third-order valence-electron chi connectivity index (χ3n) is 3.95. The first kappa shape index (κ1) is 16.6. The molecular weight excluding hydrogens is 302 g/mol. The van der Waals surface area contributed by atoms with Crippen LogP contribution < -0.4 is 5.73 Å². The van der Waals surface area contributed by atoms with E-state index >= 15 is 0 Å². The van der Waals surface area contributed by atoms with E-state index in [4.69, 9.17) is 10.5 Å². The molecule has 0 saturated heterocycles. The number of rotatable bonds is 3. The van der Waals surface area contributed by atoms with Crippen molar-refractivity contribution in [2.45, 2.75) is 25.0 Å². The topological polar surface area (TPSA) is 75.7 Å². The van der Waals surface area contributed by atoms with Crippen molar-refractivity contribution in [3.8, 4) is 11.5 Å². The molecule has 0 unspecified atom stereocenters. The maximum absolute atomic E-state index is 10.1. The first-order valence-corrected chi connectivity index (χ1v) is 7.12. The van der Waals surface area contributed by atoms with Crippen LogP contribution in [0.2, 0.25) is 0 Å². The van der Waals surface area contributed by atoms with Gasteiger partial charge >= 0.3 is 0 Å². The number of hydrogen-bond acceptors (Lipinski definition) is 4. The molecule has 3 rings (SSSR count). The molecule has 4 N–H and O–H groups in total. The van der Waals surface area contributed by atoms with Crippen molar-refractivity contribution in [2.24, 2.45) is 5.73 Å². The van der Waals surface area contributed by atoms with Crippen molar-refractivity contribution in [1.29, 1.82) is 0 Å². The number of ether oxygens (including phenoxy) is 1. The summed E-state index contributed by atoms with van der Waals surface area (Å²) in [7, 11) is 0. The lowest BCUT2D eigenvalue weighted by molar-refractivity contribution is -0.0207. The molecule has 1 aliphatic heterocycles. The van der Waals surface area contributed by atoms with Crippen LogP contribution in [0.15, 0.2) is 42.5 Å². The van der Waals surface area contributed by atoms with Crippen LogP contribution in [0, 0.1) is 0 Å². The monoisotopic (exact) mass is 321 g/mol. The number of hydrogen-bond donors (Lipinski definition) is 3. The summed E-state index contributed by atoms with van der Waals surface area (Å²) in [5.74, 6) is -0.141. The molecule has 0 radical (unpaired) electrons. The Balaban J connectivity index is 0.00000176. The number of halogens is 1. The molecule has 2 atom stereocenters. The Labute approximate surface area is 136 Å². The summed E-state index contributed by atoms with van der Waals surface area (Å²) in [5.41, 5.74) is 8.59. The van der Waals surface area contributed by atoms with Gasteiger partial charge in [0.15, 0.2) is 11.5 Å². The minimum absolute atomic E-state index is 0. The van der Waals surface area contributed by atoms with Crippen LogP contribution in [0.1, 0.15) is 22.8 Å². The molecule has 2 aromatic rings. The fourth-order valence-electron chi connectivity index (χ4n) is 2.92. The Bertz CT molecular complexity index is 633. The predicted molar refractivity (Wildman–Crippen MR) is 87.5 cm³/mol. The molecule has 2 aromatic carbocycles. The number of phenols is 2. The molecule has 0 saturated carbocycles. The van der Waals surface area contributed by atoms with Gasteiger partial charge in [0.05, 0.1) is 12.2 Å². The first-order valence-electron chi connectivity index (χ1n) is 7.12. The average Bonchev–Trinajstić information content (AvgIpc) is 2.51. The van der Waals surface area contributed by atoms with E-state index in [0.29, 0.717) is 13.0 Å². The van der Waals surface area contributed by atoms with Crippen molar-refractivity contribution in [2.75, 3.05) is 6.54 Å². The van der Waals surface area contributed by atoms with Crippen LogP contribution in [0.3, 0.4) is 0 Å². The van der Waals surface area contributed by atoms with Crippen molar-refractivity contribution in [3.63, 3.8) is 0 Å². The summed E-state index contributed by atoms with van der Waals surface area (Å²) >= 11 is 0. The molecule has 1 heterocycles. The Hall–Kier alpha value is -1.75. The molecule has 0 aromatic heterocycles. The van der Waals surface area contributed by atoms with Crippen LogP contribution in [0.4, 0.5) is 0 Å². The lowest BCUT2D eigenvalue weighted by Gasteiger charge is -2.32. The maximum atomic E-state index is 10.1. The molecule has 1 aliphatic rings. The zero-order valence-corrected chi connectivity index (χ0v) is 12.9. The number of phenolic OH excluding ortho intramolecular Hbond substituents is 2. The zero-order chi connectivity index (χ0) is 14.8. The van der Waals surface area contributed by atoms with Crippen molar-refractivity contribution >= 4 is 12.4 Å². The van der Waals surface area contributed by atoms with Crippen molar-refractivity contribution < 1.29 is 14.9 Å². The number of aromatic hydroxyl groups is 2. The van der Waals surface area contributed by atoms with Gasteiger partial charge in [-0.3, -0.25) is 0 Å². The van der Waals surface area contributed by atoms with Crippen LogP contribution in [-0.4, -0.2) is 22.9 Å². The van der Waals surface area contributed by atoms with Gasteiger partial charge in [-0.25, -0.2) is 0 Å². The largest absolute Gasteiger partial charge is 0.504 e. The Morgan fingerprint density at radius 1 is 1.09 bits per heavy atom. The maximum Gasteiger partial charge on any atom is 0.161 e. The summed E-state index contributed by atoms with van der Waals surface area (Å²) in [4.78, 5) is 0. The van der Waals surface area contributed by atoms with Crippen LogP contribution >= 0.6 is 12.4 Å². The second-order valence-corrected chi connectivity index (χ2v) is 5.38. The van der Waals surface area contributed by atoms with Gasteiger partial charge in [-0.15, -0.1) is 12.4 Å². The van der Waals surface area contributed by atoms with E-state index in [2.05, 4.69) is 12.1 Å². The minimum atomic E-state index is -0.242. The van der Waals surface area contributed by atoms with E-state index in [0.717, 1.165) is 17.5 Å². The van der Waals surface area contributed by atoms with Gasteiger partial charge in [0.25, 0.3) is 0 Å². The number of fused-ring (bicyclic) bond motifs is 1. The molecule has 4 nitrogen and oxygen atoms in total. The van der Waals surface area contributed by atoms with Crippen LogP contribution in [0.5, 0.6) is 11.5 Å². The van der Waals surface area contributed by atoms with E-state index in [1.807, 2.05) is 18.2 Å². The average molecular weight is 322 g/mol. The van der Waals surface area contributed by atoms with Crippen LogP contribution in [0.25, 0.3) is 0 Å². The van der Waals surface area contributed by atoms with E-state index in [-0.39, 0.29) is 36.1 Å². The van der Waals surface area contributed by atoms with Gasteiger partial charge in [-0.2, -0.15) is 0 Å². The van der Waals surface area contributed by atoms with E-state index in [1.165, 1.54) is 11.6 Å². The lowest BCUT2D eigenvalue weighted by Crippen LogP contribution is -2.31. The summed E-state index contributed by atoms with van der Waals surface area (Å²) in [6.07, 6.45) is 1.03. The highest BCUT2D eigenvalue weighted by atomic mass is 35.5. The Kier molecular flexibility index (Phi) is 5.29. The third-order valence-corrected chi connectivity index (χ3v) is 3.95. The smallest absolute Gasteiger partial charge is 0.161 e. The van der Waals surface area contributed by atoms with Gasteiger partial charge in [0.2, 0.25) is 0 Å².